The average Bonchev–Trinajstić information content (AvgIpc) is 3.25. The molecule has 4 bridgehead atoms. The lowest BCUT2D eigenvalue weighted by atomic mass is 9.70. The minimum atomic E-state index is -0.158. The molecule has 0 unspecified atom stereocenters. The van der Waals surface area contributed by atoms with Crippen molar-refractivity contribution in [1.82, 2.24) is 0 Å². The molecule has 0 aliphatic heterocycles. The maximum absolute atomic E-state index is 13.1. The smallest absolute Gasteiger partial charge is 0.362 e. The van der Waals surface area contributed by atoms with E-state index in [1.165, 1.54) is 12.8 Å². The molecule has 4 rings (SSSR count). The van der Waals surface area contributed by atoms with E-state index in [-0.39, 0.29) is 58.9 Å². The molecule has 0 saturated heterocycles. The third-order valence-electron chi connectivity index (χ3n) is 12.2. The molecule has 0 aromatic heterocycles. The summed E-state index contributed by atoms with van der Waals surface area (Å²) in [6.07, 6.45) is 6.70. The molecule has 0 radical (unpaired) electrons. The van der Waals surface area contributed by atoms with Gasteiger partial charge in [-0.3, -0.25) is 0 Å². The Morgan fingerprint density at radius 3 is 1.33 bits per heavy atom. The normalized spacial score (nSPS) is 40.2. The Kier molecular flexibility index (Phi) is 6.03. The van der Waals surface area contributed by atoms with Gasteiger partial charge in [-0.1, -0.05) is 41.5 Å². The van der Waals surface area contributed by atoms with Crippen molar-refractivity contribution in [2.75, 3.05) is 26.2 Å². The number of ether oxygens (including phenoxy) is 2. The van der Waals surface area contributed by atoms with E-state index in [0.29, 0.717) is 29.4 Å². The van der Waals surface area contributed by atoms with Gasteiger partial charge >= 0.3 is 11.9 Å². The molecular weight excluding hydrogens is 414 g/mol. The van der Waals surface area contributed by atoms with Gasteiger partial charge in [0, 0.05) is 10.8 Å². The molecule has 188 valence electrons. The quantitative estimate of drug-likeness (QED) is 0.360. The highest BCUT2D eigenvalue weighted by Gasteiger charge is 2.64. The van der Waals surface area contributed by atoms with Gasteiger partial charge < -0.3 is 14.0 Å². The van der Waals surface area contributed by atoms with Crippen LogP contribution in [0.15, 0.2) is 0 Å². The summed E-state index contributed by atoms with van der Waals surface area (Å²) in [6, 6.07) is 0. The Morgan fingerprint density at radius 2 is 1.09 bits per heavy atom. The zero-order chi connectivity index (χ0) is 24.4. The predicted molar refractivity (Wildman–Crippen MR) is 129 cm³/mol. The first-order valence-corrected chi connectivity index (χ1v) is 13.5. The van der Waals surface area contributed by atoms with E-state index < -0.39 is 0 Å². The van der Waals surface area contributed by atoms with Crippen LogP contribution in [-0.2, 0) is 19.1 Å². The fraction of sp³-hybridized carbons (Fsp3) is 0.929. The molecule has 0 heterocycles. The van der Waals surface area contributed by atoms with Crippen LogP contribution in [0.4, 0.5) is 0 Å². The number of carbonyl (C=O) groups excluding carboxylic acids is 2. The first-order chi connectivity index (χ1) is 15.2. The summed E-state index contributed by atoms with van der Waals surface area (Å²) in [5.41, 5.74) is 0.552. The zero-order valence-electron chi connectivity index (χ0n) is 22.5. The van der Waals surface area contributed by atoms with Crippen molar-refractivity contribution in [2.24, 2.45) is 33.5 Å². The summed E-state index contributed by atoms with van der Waals surface area (Å²) >= 11 is 0. The van der Waals surface area contributed by atoms with Crippen LogP contribution in [0.25, 0.3) is 0 Å². The highest BCUT2D eigenvalue weighted by atomic mass is 16.6. The third-order valence-corrected chi connectivity index (χ3v) is 12.2. The van der Waals surface area contributed by atoms with Gasteiger partial charge in [-0.15, -0.1) is 0 Å². The molecule has 4 aliphatic rings. The highest BCUT2D eigenvalue weighted by molar-refractivity contribution is 5.73. The van der Waals surface area contributed by atoms with Crippen LogP contribution in [0, 0.1) is 33.5 Å². The van der Waals surface area contributed by atoms with E-state index in [0.717, 1.165) is 25.7 Å². The second-order valence-electron chi connectivity index (χ2n) is 13.5. The Balaban J connectivity index is 1.38. The van der Waals surface area contributed by atoms with Crippen molar-refractivity contribution in [2.45, 2.75) is 106 Å². The van der Waals surface area contributed by atoms with Gasteiger partial charge in [-0.05, 0) is 75.0 Å². The van der Waals surface area contributed by atoms with E-state index in [9.17, 15) is 9.59 Å². The second-order valence-corrected chi connectivity index (χ2v) is 13.5. The van der Waals surface area contributed by atoms with Crippen LogP contribution >= 0.6 is 0 Å². The lowest BCUT2D eigenvalue weighted by Crippen LogP contribution is -2.55. The predicted octanol–water partition coefficient (Wildman–Crippen LogP) is 5.36. The number of hydrogen-bond acceptors (Lipinski definition) is 4. The number of quaternary nitrogens is 1. The minimum Gasteiger partial charge on any atom is -0.458 e. The lowest BCUT2D eigenvalue weighted by Gasteiger charge is -2.40. The minimum absolute atomic E-state index is 0.00228. The summed E-state index contributed by atoms with van der Waals surface area (Å²) in [4.78, 5) is 26.3. The van der Waals surface area contributed by atoms with E-state index in [1.54, 1.807) is 0 Å². The molecule has 4 aliphatic carbocycles. The van der Waals surface area contributed by atoms with E-state index in [2.05, 4.69) is 55.4 Å². The summed E-state index contributed by atoms with van der Waals surface area (Å²) in [5.74, 6) is 0.960. The molecule has 5 nitrogen and oxygen atoms in total. The number of esters is 2. The molecule has 4 saturated carbocycles. The van der Waals surface area contributed by atoms with Crippen LogP contribution < -0.4 is 0 Å². The Hall–Kier alpha value is -1.10. The van der Waals surface area contributed by atoms with Crippen molar-refractivity contribution >= 4 is 11.9 Å². The Bertz CT molecular complexity index is 738. The number of hydrogen-bond donors (Lipinski definition) is 0. The van der Waals surface area contributed by atoms with Gasteiger partial charge in [0.2, 0.25) is 0 Å². The molecule has 0 aromatic carbocycles. The number of likely N-dealkylation sites (N-methyl/N-ethyl adjacent to an activating group) is 1. The second kappa shape index (κ2) is 7.96. The van der Waals surface area contributed by atoms with Gasteiger partial charge in [-0.2, -0.15) is 0 Å². The number of rotatable bonds is 8. The fourth-order valence-corrected chi connectivity index (χ4v) is 8.28. The number of fused-ring (bicyclic) bond motifs is 4. The van der Waals surface area contributed by atoms with Crippen molar-refractivity contribution in [1.29, 1.82) is 0 Å². The van der Waals surface area contributed by atoms with Crippen LogP contribution in [0.5, 0.6) is 0 Å². The number of carbonyl (C=O) groups is 2. The first kappa shape index (κ1) is 25.0. The molecular formula is C28H48NO4+. The Morgan fingerprint density at radius 1 is 0.727 bits per heavy atom. The zero-order valence-corrected chi connectivity index (χ0v) is 22.5. The highest BCUT2D eigenvalue weighted by Crippen LogP contribution is 2.67. The van der Waals surface area contributed by atoms with Crippen LogP contribution in [0.1, 0.15) is 93.9 Å². The molecule has 6 atom stereocenters. The summed E-state index contributed by atoms with van der Waals surface area (Å²) < 4.78 is 12.7. The molecule has 0 spiro atoms. The molecule has 0 aromatic rings. The monoisotopic (exact) mass is 462 g/mol. The van der Waals surface area contributed by atoms with E-state index in [1.807, 2.05) is 0 Å². The van der Waals surface area contributed by atoms with Crippen LogP contribution in [0.3, 0.4) is 0 Å². The first-order valence-electron chi connectivity index (χ1n) is 13.5. The van der Waals surface area contributed by atoms with Crippen molar-refractivity contribution in [3.8, 4) is 0 Å². The maximum Gasteiger partial charge on any atom is 0.362 e. The molecule has 0 N–H and O–H groups in total. The lowest BCUT2D eigenvalue weighted by molar-refractivity contribution is -0.911. The van der Waals surface area contributed by atoms with Crippen LogP contribution in [0.2, 0.25) is 0 Å². The van der Waals surface area contributed by atoms with Crippen molar-refractivity contribution in [3.63, 3.8) is 0 Å². The standard InChI is InChI=1S/C28H48NO4/c1-9-29(10-2,17-23(30)32-21-15-19-11-13-27(21,7)25(19,3)4)18-24(31)33-22-16-20-12-14-28(22,8)26(20,5)6/h19-22H,9-18H2,1-8H3/q+1/t19-,20+,21-,22-,27+,28+/m1/s1. The third kappa shape index (κ3) is 3.58. The van der Waals surface area contributed by atoms with Gasteiger partial charge in [-0.25, -0.2) is 9.59 Å². The van der Waals surface area contributed by atoms with Crippen molar-refractivity contribution in [3.05, 3.63) is 0 Å². The molecule has 5 heteroatoms. The summed E-state index contributed by atoms with van der Waals surface area (Å²) in [6.45, 7) is 20.0. The summed E-state index contributed by atoms with van der Waals surface area (Å²) in [7, 11) is 0. The average molecular weight is 463 g/mol. The SMILES string of the molecule is CC[N+](CC)(CC(=O)O[C@@H]1C[C@H]2CC[C@]1(C)C2(C)C)CC(=O)O[C@@H]1C[C@@H]2CC[C@]1(C)C2(C)C. The number of nitrogens with zero attached hydrogens (tertiary/aromatic N) is 1. The van der Waals surface area contributed by atoms with Crippen LogP contribution in [-0.4, -0.2) is 54.8 Å². The summed E-state index contributed by atoms with van der Waals surface area (Å²) in [5, 5.41) is 0. The topological polar surface area (TPSA) is 52.6 Å². The van der Waals surface area contributed by atoms with Gasteiger partial charge in [0.05, 0.1) is 13.1 Å². The largest absolute Gasteiger partial charge is 0.458 e. The molecule has 33 heavy (non-hydrogen) atoms. The molecule has 4 fully saturated rings. The fourth-order valence-electron chi connectivity index (χ4n) is 8.28. The van der Waals surface area contributed by atoms with Crippen molar-refractivity contribution < 1.29 is 23.5 Å². The van der Waals surface area contributed by atoms with E-state index >= 15 is 0 Å². The van der Waals surface area contributed by atoms with E-state index in [4.69, 9.17) is 9.47 Å². The molecule has 0 amide bonds. The van der Waals surface area contributed by atoms with Gasteiger partial charge in [0.25, 0.3) is 0 Å². The maximum atomic E-state index is 13.1. The van der Waals surface area contributed by atoms with Gasteiger partial charge in [0.1, 0.15) is 12.2 Å². The Labute approximate surface area is 201 Å². The van der Waals surface area contributed by atoms with Gasteiger partial charge in [0.15, 0.2) is 13.1 Å².